The molecule has 0 aliphatic rings. The molecule has 0 amide bonds. The van der Waals surface area contributed by atoms with E-state index in [0.717, 1.165) is 12.1 Å². The molecule has 2 aromatic rings. The first-order chi connectivity index (χ1) is 8.81. The summed E-state index contributed by atoms with van der Waals surface area (Å²) in [5, 5.41) is 4.48. The molecule has 0 atom stereocenters. The van der Waals surface area contributed by atoms with E-state index < -0.39 is 0 Å². The van der Waals surface area contributed by atoms with Crippen LogP contribution in [0.25, 0.3) is 10.9 Å². The molecule has 2 N–H and O–H groups in total. The molecule has 1 heterocycles. The van der Waals surface area contributed by atoms with Gasteiger partial charge in [-0.2, -0.15) is 0 Å². The van der Waals surface area contributed by atoms with E-state index in [-0.39, 0.29) is 5.97 Å². The van der Waals surface area contributed by atoms with Crippen molar-refractivity contribution >= 4 is 16.9 Å². The van der Waals surface area contributed by atoms with Crippen molar-refractivity contribution < 1.29 is 9.53 Å². The number of esters is 1. The van der Waals surface area contributed by atoms with E-state index >= 15 is 0 Å². The number of nitrogens with one attached hydrogen (secondary N) is 2. The zero-order valence-electron chi connectivity index (χ0n) is 10.5. The van der Waals surface area contributed by atoms with Crippen molar-refractivity contribution in [2.45, 2.75) is 19.9 Å². The molecular weight excluding hydrogens is 228 g/mol. The average Bonchev–Trinajstić information content (AvgIpc) is 2.84. The lowest BCUT2D eigenvalue weighted by atomic mass is 10.1. The third kappa shape index (κ3) is 3.11. The molecule has 4 heteroatoms. The van der Waals surface area contributed by atoms with Crippen LogP contribution in [-0.2, 0) is 16.1 Å². The highest BCUT2D eigenvalue weighted by molar-refractivity contribution is 5.82. The molecule has 96 valence electrons. The van der Waals surface area contributed by atoms with Crippen LogP contribution >= 0.6 is 0 Å². The van der Waals surface area contributed by atoms with Crippen LogP contribution in [0.2, 0.25) is 0 Å². The summed E-state index contributed by atoms with van der Waals surface area (Å²) in [5.41, 5.74) is 2.37. The second-order valence-corrected chi connectivity index (χ2v) is 4.09. The molecule has 1 aromatic carbocycles. The zero-order chi connectivity index (χ0) is 12.8. The van der Waals surface area contributed by atoms with Crippen molar-refractivity contribution in [3.63, 3.8) is 0 Å². The molecule has 4 nitrogen and oxygen atoms in total. The summed E-state index contributed by atoms with van der Waals surface area (Å²) in [4.78, 5) is 14.3. The van der Waals surface area contributed by atoms with E-state index in [2.05, 4.69) is 28.5 Å². The molecular formula is C14H18N2O2. The van der Waals surface area contributed by atoms with Crippen molar-refractivity contribution in [2.24, 2.45) is 0 Å². The molecule has 0 radical (unpaired) electrons. The Morgan fingerprint density at radius 2 is 2.28 bits per heavy atom. The van der Waals surface area contributed by atoms with Gasteiger partial charge in [0.2, 0.25) is 0 Å². The quantitative estimate of drug-likeness (QED) is 0.607. The number of hydrogen-bond donors (Lipinski definition) is 2. The Hall–Kier alpha value is -1.81. The number of benzene rings is 1. The summed E-state index contributed by atoms with van der Waals surface area (Å²) in [6.07, 6.45) is 2.35. The summed E-state index contributed by atoms with van der Waals surface area (Å²) in [5.74, 6) is -0.148. The maximum Gasteiger partial charge on any atom is 0.307 e. The minimum Gasteiger partial charge on any atom is -0.466 e. The van der Waals surface area contributed by atoms with Gasteiger partial charge in [0.1, 0.15) is 0 Å². The lowest BCUT2D eigenvalue weighted by molar-refractivity contribution is -0.142. The summed E-state index contributed by atoms with van der Waals surface area (Å²) in [7, 11) is 0. The Bertz CT molecular complexity index is 519. The third-order valence-electron chi connectivity index (χ3n) is 2.81. The van der Waals surface area contributed by atoms with Crippen LogP contribution in [-0.4, -0.2) is 24.1 Å². The van der Waals surface area contributed by atoms with Crippen LogP contribution in [0.5, 0.6) is 0 Å². The molecule has 18 heavy (non-hydrogen) atoms. The van der Waals surface area contributed by atoms with Gasteiger partial charge in [0, 0.05) is 30.2 Å². The second-order valence-electron chi connectivity index (χ2n) is 4.09. The van der Waals surface area contributed by atoms with Crippen molar-refractivity contribution in [3.8, 4) is 0 Å². The number of hydrogen-bond acceptors (Lipinski definition) is 3. The van der Waals surface area contributed by atoms with Gasteiger partial charge in [-0.3, -0.25) is 4.79 Å². The highest BCUT2D eigenvalue weighted by Crippen LogP contribution is 2.16. The van der Waals surface area contributed by atoms with Crippen LogP contribution in [0.4, 0.5) is 0 Å². The molecule has 0 aliphatic heterocycles. The molecule has 2 rings (SSSR count). The van der Waals surface area contributed by atoms with E-state index in [1.54, 1.807) is 0 Å². The Morgan fingerprint density at radius 3 is 3.11 bits per heavy atom. The van der Waals surface area contributed by atoms with E-state index in [4.69, 9.17) is 4.74 Å². The predicted molar refractivity (Wildman–Crippen MR) is 71.3 cm³/mol. The zero-order valence-corrected chi connectivity index (χ0v) is 10.5. The lowest BCUT2D eigenvalue weighted by Crippen LogP contribution is -2.19. The second kappa shape index (κ2) is 6.21. The third-order valence-corrected chi connectivity index (χ3v) is 2.81. The fourth-order valence-electron chi connectivity index (χ4n) is 1.95. The number of aromatic nitrogens is 1. The molecule has 0 aliphatic carbocycles. The van der Waals surface area contributed by atoms with Gasteiger partial charge in [0.15, 0.2) is 0 Å². The van der Waals surface area contributed by atoms with Crippen molar-refractivity contribution in [3.05, 3.63) is 36.0 Å². The van der Waals surface area contributed by atoms with Gasteiger partial charge in [0.05, 0.1) is 13.0 Å². The number of carbonyl (C=O) groups is 1. The molecule has 0 bridgehead atoms. The van der Waals surface area contributed by atoms with Crippen LogP contribution < -0.4 is 5.32 Å². The van der Waals surface area contributed by atoms with Gasteiger partial charge in [-0.1, -0.05) is 12.1 Å². The standard InChI is InChI=1S/C14H18N2O2/c1-2-18-14(17)7-8-15-10-11-4-3-5-13-12(11)6-9-16-13/h3-6,9,15-16H,2,7-8,10H2,1H3. The molecule has 0 saturated carbocycles. The fraction of sp³-hybridized carbons (Fsp3) is 0.357. The maximum absolute atomic E-state index is 11.2. The highest BCUT2D eigenvalue weighted by atomic mass is 16.5. The van der Waals surface area contributed by atoms with Gasteiger partial charge in [-0.05, 0) is 24.6 Å². The van der Waals surface area contributed by atoms with Gasteiger partial charge in [-0.25, -0.2) is 0 Å². The normalized spacial score (nSPS) is 10.7. The topological polar surface area (TPSA) is 54.1 Å². The van der Waals surface area contributed by atoms with Crippen molar-refractivity contribution in [1.82, 2.24) is 10.3 Å². The minimum absolute atomic E-state index is 0.148. The van der Waals surface area contributed by atoms with Gasteiger partial charge in [-0.15, -0.1) is 0 Å². The van der Waals surface area contributed by atoms with Crippen molar-refractivity contribution in [2.75, 3.05) is 13.2 Å². The SMILES string of the molecule is CCOC(=O)CCNCc1cccc2[nH]ccc12. The number of rotatable bonds is 6. The number of aromatic amines is 1. The van der Waals surface area contributed by atoms with Crippen LogP contribution in [0.1, 0.15) is 18.9 Å². The van der Waals surface area contributed by atoms with Gasteiger partial charge < -0.3 is 15.0 Å². The highest BCUT2D eigenvalue weighted by Gasteiger charge is 2.03. The van der Waals surface area contributed by atoms with Crippen molar-refractivity contribution in [1.29, 1.82) is 0 Å². The molecule has 0 saturated heterocycles. The number of H-pyrrole nitrogens is 1. The Kier molecular flexibility index (Phi) is 4.36. The maximum atomic E-state index is 11.2. The largest absolute Gasteiger partial charge is 0.466 e. The van der Waals surface area contributed by atoms with E-state index in [1.807, 2.05) is 19.2 Å². The van der Waals surface area contributed by atoms with E-state index in [0.29, 0.717) is 19.6 Å². The minimum atomic E-state index is -0.148. The number of fused-ring (bicyclic) bond motifs is 1. The fourth-order valence-corrected chi connectivity index (χ4v) is 1.95. The average molecular weight is 246 g/mol. The summed E-state index contributed by atoms with van der Waals surface area (Å²) in [6.45, 7) is 3.66. The number of carbonyl (C=O) groups excluding carboxylic acids is 1. The van der Waals surface area contributed by atoms with E-state index in [9.17, 15) is 4.79 Å². The van der Waals surface area contributed by atoms with Gasteiger partial charge in [0.25, 0.3) is 0 Å². The Morgan fingerprint density at radius 1 is 1.39 bits per heavy atom. The smallest absolute Gasteiger partial charge is 0.307 e. The Labute approximate surface area is 106 Å². The monoisotopic (exact) mass is 246 g/mol. The number of ether oxygens (including phenoxy) is 1. The predicted octanol–water partition coefficient (Wildman–Crippen LogP) is 2.21. The lowest BCUT2D eigenvalue weighted by Gasteiger charge is -2.06. The molecule has 0 fully saturated rings. The summed E-state index contributed by atoms with van der Waals surface area (Å²) >= 11 is 0. The molecule has 0 unspecified atom stereocenters. The van der Waals surface area contributed by atoms with E-state index in [1.165, 1.54) is 10.9 Å². The first kappa shape index (κ1) is 12.6. The van der Waals surface area contributed by atoms with Crippen LogP contribution in [0.3, 0.4) is 0 Å². The molecule has 1 aromatic heterocycles. The van der Waals surface area contributed by atoms with Crippen LogP contribution in [0, 0.1) is 0 Å². The van der Waals surface area contributed by atoms with Gasteiger partial charge >= 0.3 is 5.97 Å². The molecule has 0 spiro atoms. The first-order valence-corrected chi connectivity index (χ1v) is 6.22. The first-order valence-electron chi connectivity index (χ1n) is 6.22. The Balaban J connectivity index is 1.83. The summed E-state index contributed by atoms with van der Waals surface area (Å²) < 4.78 is 4.87. The summed E-state index contributed by atoms with van der Waals surface area (Å²) in [6, 6.07) is 8.24. The van der Waals surface area contributed by atoms with Crippen LogP contribution in [0.15, 0.2) is 30.5 Å².